The van der Waals surface area contributed by atoms with Gasteiger partial charge in [-0.2, -0.15) is 0 Å². The molecule has 0 bridgehead atoms. The van der Waals surface area contributed by atoms with Gasteiger partial charge in [-0.05, 0) is 32.9 Å². The fraction of sp³-hybridized carbons (Fsp3) is 0.462. The number of anilines is 1. The fourth-order valence-electron chi connectivity index (χ4n) is 1.49. The monoisotopic (exact) mass is 282 g/mol. The molecule has 0 atom stereocenters. The Morgan fingerprint density at radius 2 is 1.95 bits per heavy atom. The highest BCUT2D eigenvalue weighted by atomic mass is 16.6. The van der Waals surface area contributed by atoms with Crippen molar-refractivity contribution in [1.29, 1.82) is 0 Å². The summed E-state index contributed by atoms with van der Waals surface area (Å²) in [6.45, 7) is 5.17. The van der Waals surface area contributed by atoms with Crippen LogP contribution in [0.15, 0.2) is 18.2 Å². The molecule has 0 aliphatic heterocycles. The van der Waals surface area contributed by atoms with E-state index in [0.29, 0.717) is 5.75 Å². The van der Waals surface area contributed by atoms with Crippen LogP contribution in [0.2, 0.25) is 0 Å². The van der Waals surface area contributed by atoms with E-state index in [9.17, 15) is 14.9 Å². The molecule has 7 nitrogen and oxygen atoms in total. The maximum atomic E-state index is 11.9. The summed E-state index contributed by atoms with van der Waals surface area (Å²) in [5.41, 5.74) is -0.755. The van der Waals surface area contributed by atoms with Crippen LogP contribution in [0, 0.1) is 10.1 Å². The molecular formula is C13H18N2O5. The van der Waals surface area contributed by atoms with E-state index in [1.165, 1.54) is 26.3 Å². The topological polar surface area (TPSA) is 81.9 Å². The lowest BCUT2D eigenvalue weighted by atomic mass is 10.2. The Morgan fingerprint density at radius 3 is 2.40 bits per heavy atom. The van der Waals surface area contributed by atoms with Crippen molar-refractivity contribution in [2.45, 2.75) is 26.4 Å². The Labute approximate surface area is 117 Å². The summed E-state index contributed by atoms with van der Waals surface area (Å²) < 4.78 is 10.1. The van der Waals surface area contributed by atoms with Crippen LogP contribution in [0.25, 0.3) is 0 Å². The summed E-state index contributed by atoms with van der Waals surface area (Å²) >= 11 is 0. The summed E-state index contributed by atoms with van der Waals surface area (Å²) in [6.07, 6.45) is -0.661. The molecule has 1 amide bonds. The molecular weight excluding hydrogens is 264 g/mol. The molecule has 0 heterocycles. The number of hydrogen-bond acceptors (Lipinski definition) is 5. The van der Waals surface area contributed by atoms with Crippen molar-refractivity contribution in [2.75, 3.05) is 19.1 Å². The summed E-state index contributed by atoms with van der Waals surface area (Å²) in [4.78, 5) is 23.5. The van der Waals surface area contributed by atoms with E-state index in [-0.39, 0.29) is 11.4 Å². The summed E-state index contributed by atoms with van der Waals surface area (Å²) in [7, 11) is 2.83. The van der Waals surface area contributed by atoms with Gasteiger partial charge in [0, 0.05) is 7.05 Å². The van der Waals surface area contributed by atoms with Gasteiger partial charge in [0.1, 0.15) is 17.0 Å². The zero-order valence-corrected chi connectivity index (χ0v) is 12.2. The molecule has 0 N–H and O–H groups in total. The lowest BCUT2D eigenvalue weighted by Crippen LogP contribution is -2.34. The zero-order chi connectivity index (χ0) is 15.5. The lowest BCUT2D eigenvalue weighted by Gasteiger charge is -2.24. The van der Waals surface area contributed by atoms with Gasteiger partial charge in [0.05, 0.1) is 18.1 Å². The molecule has 1 aromatic carbocycles. The minimum Gasteiger partial charge on any atom is -0.496 e. The molecule has 20 heavy (non-hydrogen) atoms. The zero-order valence-electron chi connectivity index (χ0n) is 12.2. The Balaban J connectivity index is 3.12. The van der Waals surface area contributed by atoms with Crippen LogP contribution in [0.1, 0.15) is 20.8 Å². The summed E-state index contributed by atoms with van der Waals surface area (Å²) in [5, 5.41) is 11.1. The normalized spacial score (nSPS) is 10.8. The van der Waals surface area contributed by atoms with E-state index < -0.39 is 16.6 Å². The largest absolute Gasteiger partial charge is 0.496 e. The van der Waals surface area contributed by atoms with Crippen molar-refractivity contribution in [3.63, 3.8) is 0 Å². The molecule has 0 aliphatic carbocycles. The third-order valence-electron chi connectivity index (χ3n) is 2.41. The average Bonchev–Trinajstić information content (AvgIpc) is 2.35. The molecule has 7 heteroatoms. The molecule has 0 saturated heterocycles. The van der Waals surface area contributed by atoms with Crippen LogP contribution in [0.5, 0.6) is 5.75 Å². The van der Waals surface area contributed by atoms with Gasteiger partial charge in [0.25, 0.3) is 5.69 Å². The SMILES string of the molecule is COc1ccc(N(C)C(=O)OC(C)(C)C)c([N+](=O)[O-])c1. The van der Waals surface area contributed by atoms with Gasteiger partial charge in [-0.25, -0.2) is 4.79 Å². The predicted octanol–water partition coefficient (Wildman–Crippen LogP) is 2.97. The Kier molecular flexibility index (Phi) is 4.54. The number of nitro groups is 1. The van der Waals surface area contributed by atoms with Gasteiger partial charge < -0.3 is 9.47 Å². The second kappa shape index (κ2) is 5.77. The van der Waals surface area contributed by atoms with Crippen LogP contribution in [0.4, 0.5) is 16.2 Å². The first kappa shape index (κ1) is 15.7. The first-order valence-electron chi connectivity index (χ1n) is 5.95. The van der Waals surface area contributed by atoms with Gasteiger partial charge in [-0.1, -0.05) is 0 Å². The standard InChI is InChI=1S/C13H18N2O5/c1-13(2,3)20-12(16)14(4)10-7-6-9(19-5)8-11(10)15(17)18/h6-8H,1-5H3. The molecule has 0 fully saturated rings. The van der Waals surface area contributed by atoms with Crippen molar-refractivity contribution in [3.8, 4) is 5.75 Å². The Morgan fingerprint density at radius 1 is 1.35 bits per heavy atom. The van der Waals surface area contributed by atoms with Crippen LogP contribution >= 0.6 is 0 Å². The van der Waals surface area contributed by atoms with E-state index >= 15 is 0 Å². The van der Waals surface area contributed by atoms with Crippen molar-refractivity contribution < 1.29 is 19.2 Å². The number of rotatable bonds is 3. The second-order valence-corrected chi connectivity index (χ2v) is 5.15. The molecule has 0 aromatic heterocycles. The highest BCUT2D eigenvalue weighted by Gasteiger charge is 2.26. The number of carbonyl (C=O) groups is 1. The molecule has 1 rings (SSSR count). The van der Waals surface area contributed by atoms with E-state index in [0.717, 1.165) is 4.90 Å². The lowest BCUT2D eigenvalue weighted by molar-refractivity contribution is -0.384. The maximum absolute atomic E-state index is 11.9. The van der Waals surface area contributed by atoms with Gasteiger partial charge in [0.15, 0.2) is 0 Å². The first-order chi connectivity index (χ1) is 9.15. The number of ether oxygens (including phenoxy) is 2. The van der Waals surface area contributed by atoms with Gasteiger partial charge >= 0.3 is 6.09 Å². The molecule has 1 aromatic rings. The smallest absolute Gasteiger partial charge is 0.414 e. The van der Waals surface area contributed by atoms with Crippen molar-refractivity contribution >= 4 is 17.5 Å². The number of amides is 1. The van der Waals surface area contributed by atoms with E-state index in [1.807, 2.05) is 0 Å². The molecule has 0 unspecified atom stereocenters. The first-order valence-corrected chi connectivity index (χ1v) is 5.95. The third kappa shape index (κ3) is 3.84. The molecule has 0 saturated carbocycles. The van der Waals surface area contributed by atoms with Gasteiger partial charge in [0.2, 0.25) is 0 Å². The second-order valence-electron chi connectivity index (χ2n) is 5.15. The maximum Gasteiger partial charge on any atom is 0.414 e. The average molecular weight is 282 g/mol. The van der Waals surface area contributed by atoms with Crippen LogP contribution in [-0.2, 0) is 4.74 Å². The van der Waals surface area contributed by atoms with Crippen molar-refractivity contribution in [3.05, 3.63) is 28.3 Å². The highest BCUT2D eigenvalue weighted by Crippen LogP contribution is 2.32. The molecule has 110 valence electrons. The van der Waals surface area contributed by atoms with Gasteiger partial charge in [-0.3, -0.25) is 15.0 Å². The Hall–Kier alpha value is -2.31. The summed E-state index contributed by atoms with van der Waals surface area (Å²) in [6, 6.07) is 4.25. The summed E-state index contributed by atoms with van der Waals surface area (Å²) in [5.74, 6) is 0.345. The third-order valence-corrected chi connectivity index (χ3v) is 2.41. The number of nitrogens with zero attached hydrogens (tertiary/aromatic N) is 2. The van der Waals surface area contributed by atoms with Crippen LogP contribution in [-0.4, -0.2) is 30.8 Å². The molecule has 0 radical (unpaired) electrons. The van der Waals surface area contributed by atoms with E-state index in [2.05, 4.69) is 0 Å². The van der Waals surface area contributed by atoms with E-state index in [1.54, 1.807) is 26.8 Å². The minimum absolute atomic E-state index is 0.144. The fourth-order valence-corrected chi connectivity index (χ4v) is 1.49. The molecule has 0 aliphatic rings. The minimum atomic E-state index is -0.674. The van der Waals surface area contributed by atoms with Crippen molar-refractivity contribution in [2.24, 2.45) is 0 Å². The van der Waals surface area contributed by atoms with E-state index in [4.69, 9.17) is 9.47 Å². The van der Waals surface area contributed by atoms with Crippen LogP contribution < -0.4 is 9.64 Å². The highest BCUT2D eigenvalue weighted by molar-refractivity contribution is 5.90. The molecule has 0 spiro atoms. The number of carbonyl (C=O) groups excluding carboxylic acids is 1. The number of benzene rings is 1. The number of hydrogen-bond donors (Lipinski definition) is 0. The van der Waals surface area contributed by atoms with Gasteiger partial charge in [-0.15, -0.1) is 0 Å². The Bertz CT molecular complexity index is 522. The predicted molar refractivity (Wildman–Crippen MR) is 74.3 cm³/mol. The van der Waals surface area contributed by atoms with Crippen molar-refractivity contribution in [1.82, 2.24) is 0 Å². The van der Waals surface area contributed by atoms with Crippen LogP contribution in [0.3, 0.4) is 0 Å². The quantitative estimate of drug-likeness (QED) is 0.628. The number of methoxy groups -OCH3 is 1. The number of nitro benzene ring substituents is 1.